The Hall–Kier alpha value is -1.32. The Kier molecular flexibility index (Phi) is 10.0. The Balaban J connectivity index is 4.19. The number of esters is 2. The van der Waals surface area contributed by atoms with Crippen LogP contribution < -0.4 is 0 Å². The maximum absolute atomic E-state index is 11.6. The highest BCUT2D eigenvalue weighted by Gasteiger charge is 2.11. The van der Waals surface area contributed by atoms with Crippen molar-refractivity contribution >= 4 is 11.9 Å². The highest BCUT2D eigenvalue weighted by atomic mass is 16.5. The van der Waals surface area contributed by atoms with Crippen molar-refractivity contribution < 1.29 is 19.1 Å². The average Bonchev–Trinajstić information content (AvgIpc) is 2.36. The summed E-state index contributed by atoms with van der Waals surface area (Å²) in [4.78, 5) is 23.0. The number of ether oxygens (including phenoxy) is 2. The molecule has 0 saturated heterocycles. The van der Waals surface area contributed by atoms with Gasteiger partial charge in [-0.05, 0) is 19.3 Å². The van der Waals surface area contributed by atoms with Crippen molar-refractivity contribution in [1.29, 1.82) is 0 Å². The maximum Gasteiger partial charge on any atom is 0.334 e. The Morgan fingerprint density at radius 2 is 1.50 bits per heavy atom. The molecule has 0 atom stereocenters. The van der Waals surface area contributed by atoms with Gasteiger partial charge >= 0.3 is 11.9 Å². The van der Waals surface area contributed by atoms with Crippen molar-refractivity contribution in [3.8, 4) is 0 Å². The first-order valence-electron chi connectivity index (χ1n) is 6.70. The second kappa shape index (κ2) is 10.8. The van der Waals surface area contributed by atoms with Gasteiger partial charge in [-0.1, -0.05) is 33.6 Å². The first-order chi connectivity index (χ1) is 8.65. The lowest BCUT2D eigenvalue weighted by atomic mass is 10.2. The summed E-state index contributed by atoms with van der Waals surface area (Å²) in [6, 6.07) is 0. The molecule has 0 aromatic rings. The molecular weight excluding hydrogens is 232 g/mol. The van der Waals surface area contributed by atoms with Gasteiger partial charge < -0.3 is 9.47 Å². The van der Waals surface area contributed by atoms with Gasteiger partial charge in [0.05, 0.1) is 13.2 Å². The van der Waals surface area contributed by atoms with Crippen LogP contribution in [0.15, 0.2) is 11.6 Å². The molecule has 0 amide bonds. The van der Waals surface area contributed by atoms with Crippen LogP contribution in [-0.4, -0.2) is 25.2 Å². The second-order valence-electron chi connectivity index (χ2n) is 4.03. The molecule has 0 unspecified atom stereocenters. The molecule has 0 aliphatic rings. The van der Waals surface area contributed by atoms with Crippen molar-refractivity contribution in [2.45, 2.75) is 52.9 Å². The van der Waals surface area contributed by atoms with Gasteiger partial charge in [-0.2, -0.15) is 0 Å². The van der Waals surface area contributed by atoms with E-state index in [-0.39, 0.29) is 0 Å². The van der Waals surface area contributed by atoms with Crippen LogP contribution in [0.5, 0.6) is 0 Å². The molecule has 0 aromatic heterocycles. The van der Waals surface area contributed by atoms with Gasteiger partial charge in [0.15, 0.2) is 0 Å². The Morgan fingerprint density at radius 3 is 2.00 bits per heavy atom. The minimum atomic E-state index is -0.465. The SMILES string of the molecule is CCCCOC(=O)C=C(CC)C(=O)OCCCC. The molecule has 0 rings (SSSR count). The summed E-state index contributed by atoms with van der Waals surface area (Å²) >= 11 is 0. The predicted molar refractivity (Wildman–Crippen MR) is 70.1 cm³/mol. The molecule has 0 aromatic carbocycles. The molecule has 0 saturated carbocycles. The van der Waals surface area contributed by atoms with Gasteiger partial charge in [0.2, 0.25) is 0 Å². The van der Waals surface area contributed by atoms with Crippen molar-refractivity contribution in [3.05, 3.63) is 11.6 Å². The quantitative estimate of drug-likeness (QED) is 0.361. The fraction of sp³-hybridized carbons (Fsp3) is 0.714. The first-order valence-corrected chi connectivity index (χ1v) is 6.70. The van der Waals surface area contributed by atoms with E-state index in [1.807, 2.05) is 20.8 Å². The topological polar surface area (TPSA) is 52.6 Å². The van der Waals surface area contributed by atoms with Gasteiger partial charge in [0.25, 0.3) is 0 Å². The normalized spacial score (nSPS) is 11.2. The Labute approximate surface area is 109 Å². The fourth-order valence-electron chi connectivity index (χ4n) is 1.21. The Bertz CT molecular complexity index is 282. The monoisotopic (exact) mass is 256 g/mol. The van der Waals surface area contributed by atoms with E-state index < -0.39 is 11.9 Å². The van der Waals surface area contributed by atoms with Crippen LogP contribution in [0.4, 0.5) is 0 Å². The number of rotatable bonds is 9. The predicted octanol–water partition coefficient (Wildman–Crippen LogP) is 3.01. The van der Waals surface area contributed by atoms with Gasteiger partial charge in [-0.15, -0.1) is 0 Å². The molecule has 0 aliphatic carbocycles. The van der Waals surface area contributed by atoms with Crippen LogP contribution >= 0.6 is 0 Å². The van der Waals surface area contributed by atoms with Crippen LogP contribution in [0.25, 0.3) is 0 Å². The third-order valence-corrected chi connectivity index (χ3v) is 2.41. The molecule has 0 spiro atoms. The highest BCUT2D eigenvalue weighted by Crippen LogP contribution is 2.05. The smallest absolute Gasteiger partial charge is 0.334 e. The van der Waals surface area contributed by atoms with Crippen molar-refractivity contribution in [2.75, 3.05) is 13.2 Å². The molecule has 4 nitrogen and oxygen atoms in total. The summed E-state index contributed by atoms with van der Waals surface area (Å²) in [6.45, 7) is 6.65. The highest BCUT2D eigenvalue weighted by molar-refractivity contribution is 5.96. The Morgan fingerprint density at radius 1 is 0.944 bits per heavy atom. The lowest BCUT2D eigenvalue weighted by Gasteiger charge is -2.06. The molecule has 0 radical (unpaired) electrons. The fourth-order valence-corrected chi connectivity index (χ4v) is 1.21. The van der Waals surface area contributed by atoms with E-state index >= 15 is 0 Å². The summed E-state index contributed by atoms with van der Waals surface area (Å²) < 4.78 is 10.0. The summed E-state index contributed by atoms with van der Waals surface area (Å²) in [5.41, 5.74) is 0.368. The minimum absolute atomic E-state index is 0.368. The molecule has 18 heavy (non-hydrogen) atoms. The van der Waals surface area contributed by atoms with E-state index in [1.165, 1.54) is 6.08 Å². The van der Waals surface area contributed by atoms with E-state index in [0.29, 0.717) is 25.2 Å². The zero-order valence-corrected chi connectivity index (χ0v) is 11.7. The zero-order valence-electron chi connectivity index (χ0n) is 11.7. The molecule has 104 valence electrons. The summed E-state index contributed by atoms with van der Waals surface area (Å²) in [5.74, 6) is -0.883. The van der Waals surface area contributed by atoms with Crippen molar-refractivity contribution in [1.82, 2.24) is 0 Å². The average molecular weight is 256 g/mol. The third-order valence-electron chi connectivity index (χ3n) is 2.41. The summed E-state index contributed by atoms with van der Waals surface area (Å²) in [5, 5.41) is 0. The number of unbranched alkanes of at least 4 members (excludes halogenated alkanes) is 2. The van der Waals surface area contributed by atoms with Gasteiger partial charge in [-0.3, -0.25) is 0 Å². The molecular formula is C14H24O4. The van der Waals surface area contributed by atoms with Crippen LogP contribution in [0.3, 0.4) is 0 Å². The largest absolute Gasteiger partial charge is 0.463 e. The molecule has 0 heterocycles. The molecule has 0 bridgehead atoms. The summed E-state index contributed by atoms with van der Waals surface area (Å²) in [6.07, 6.45) is 5.32. The van der Waals surface area contributed by atoms with Gasteiger partial charge in [0.1, 0.15) is 0 Å². The maximum atomic E-state index is 11.6. The summed E-state index contributed by atoms with van der Waals surface area (Å²) in [7, 11) is 0. The van der Waals surface area contributed by atoms with E-state index in [2.05, 4.69) is 0 Å². The van der Waals surface area contributed by atoms with E-state index in [4.69, 9.17) is 9.47 Å². The van der Waals surface area contributed by atoms with Gasteiger partial charge in [-0.25, -0.2) is 9.59 Å². The number of hydrogen-bond donors (Lipinski definition) is 0. The van der Waals surface area contributed by atoms with E-state index in [1.54, 1.807) is 0 Å². The van der Waals surface area contributed by atoms with Crippen LogP contribution in [0, 0.1) is 0 Å². The number of carbonyl (C=O) groups excluding carboxylic acids is 2. The molecule has 0 fully saturated rings. The lowest BCUT2D eigenvalue weighted by Crippen LogP contribution is -2.11. The standard InChI is InChI=1S/C14H24O4/c1-4-7-9-17-13(15)11-12(6-3)14(16)18-10-8-5-2/h11H,4-10H2,1-3H3. The zero-order chi connectivity index (χ0) is 13.8. The van der Waals surface area contributed by atoms with Crippen LogP contribution in [-0.2, 0) is 19.1 Å². The van der Waals surface area contributed by atoms with Gasteiger partial charge in [0, 0.05) is 11.6 Å². The van der Waals surface area contributed by atoms with Crippen LogP contribution in [0.1, 0.15) is 52.9 Å². The number of carbonyl (C=O) groups is 2. The third kappa shape index (κ3) is 7.87. The van der Waals surface area contributed by atoms with Crippen molar-refractivity contribution in [2.24, 2.45) is 0 Å². The second-order valence-corrected chi connectivity index (χ2v) is 4.03. The number of hydrogen-bond acceptors (Lipinski definition) is 4. The van der Waals surface area contributed by atoms with E-state index in [9.17, 15) is 9.59 Å². The van der Waals surface area contributed by atoms with Crippen LogP contribution in [0.2, 0.25) is 0 Å². The van der Waals surface area contributed by atoms with E-state index in [0.717, 1.165) is 25.7 Å². The van der Waals surface area contributed by atoms with Crippen molar-refractivity contribution in [3.63, 3.8) is 0 Å². The molecule has 0 aliphatic heterocycles. The minimum Gasteiger partial charge on any atom is -0.463 e. The lowest BCUT2D eigenvalue weighted by molar-refractivity contribution is -0.141. The first kappa shape index (κ1) is 16.7. The molecule has 0 N–H and O–H groups in total. The molecule has 4 heteroatoms.